The van der Waals surface area contributed by atoms with Crippen LogP contribution in [0, 0.1) is 0 Å². The molecule has 0 aliphatic rings. The Labute approximate surface area is 155 Å². The molecule has 0 atom stereocenters. The van der Waals surface area contributed by atoms with Crippen molar-refractivity contribution in [3.63, 3.8) is 0 Å². The lowest BCUT2D eigenvalue weighted by Crippen LogP contribution is -2.36. The van der Waals surface area contributed by atoms with Gasteiger partial charge in [0.05, 0.1) is 6.54 Å². The third kappa shape index (κ3) is 5.92. The second kappa shape index (κ2) is 10.2. The van der Waals surface area contributed by atoms with E-state index in [4.69, 9.17) is 0 Å². The largest absolute Gasteiger partial charge is 0.376 e. The summed E-state index contributed by atoms with van der Waals surface area (Å²) in [6, 6.07) is 16.5. The number of benzene rings is 2. The summed E-state index contributed by atoms with van der Waals surface area (Å²) in [5.74, 6) is -0.0664. The third-order valence-electron chi connectivity index (χ3n) is 3.94. The molecule has 0 spiro atoms. The molecular weight excluding hydrogens is 326 g/mol. The van der Waals surface area contributed by atoms with Crippen LogP contribution in [-0.2, 0) is 4.79 Å². The Kier molecular flexibility index (Phi) is 7.68. The Morgan fingerprint density at radius 3 is 2.19 bits per heavy atom. The highest BCUT2D eigenvalue weighted by Gasteiger charge is 2.11. The lowest BCUT2D eigenvalue weighted by Gasteiger charge is -2.22. The molecule has 0 unspecified atom stereocenters. The van der Waals surface area contributed by atoms with Crippen molar-refractivity contribution >= 4 is 23.2 Å². The number of nitrogens with one attached hydrogen (secondary N) is 2. The van der Waals surface area contributed by atoms with E-state index in [1.54, 1.807) is 12.1 Å². The molecule has 26 heavy (non-hydrogen) atoms. The molecule has 0 aromatic heterocycles. The van der Waals surface area contributed by atoms with Gasteiger partial charge < -0.3 is 15.5 Å². The van der Waals surface area contributed by atoms with Gasteiger partial charge in [-0.1, -0.05) is 38.1 Å². The number of carbonyl (C=O) groups excluding carboxylic acids is 2. The van der Waals surface area contributed by atoms with Gasteiger partial charge in [0.25, 0.3) is 5.91 Å². The van der Waals surface area contributed by atoms with Gasteiger partial charge in [0.15, 0.2) is 0 Å². The van der Waals surface area contributed by atoms with E-state index in [1.165, 1.54) is 0 Å². The van der Waals surface area contributed by atoms with Crippen molar-refractivity contribution < 1.29 is 9.59 Å². The molecule has 2 aromatic carbocycles. The average Bonchev–Trinajstić information content (AvgIpc) is 2.67. The zero-order valence-electron chi connectivity index (χ0n) is 15.5. The molecule has 0 saturated carbocycles. The summed E-state index contributed by atoms with van der Waals surface area (Å²) in [5.41, 5.74) is 2.10. The monoisotopic (exact) mass is 353 g/mol. The van der Waals surface area contributed by atoms with Crippen LogP contribution < -0.4 is 10.6 Å². The Morgan fingerprint density at radius 1 is 0.885 bits per heavy atom. The van der Waals surface area contributed by atoms with E-state index in [1.807, 2.05) is 47.4 Å². The molecule has 0 aliphatic heterocycles. The molecule has 0 saturated heterocycles. The average molecular weight is 353 g/mol. The first-order chi connectivity index (χ1) is 12.6. The molecular formula is C21H27N3O2. The van der Waals surface area contributed by atoms with Gasteiger partial charge in [-0.2, -0.15) is 0 Å². The lowest BCUT2D eigenvalue weighted by atomic mass is 10.2. The first kappa shape index (κ1) is 19.5. The molecule has 138 valence electrons. The highest BCUT2D eigenvalue weighted by Crippen LogP contribution is 2.16. The molecule has 0 bridgehead atoms. The number of carbonyl (C=O) groups is 2. The second-order valence-electron chi connectivity index (χ2n) is 6.14. The van der Waals surface area contributed by atoms with Crippen LogP contribution in [0.4, 0.5) is 11.4 Å². The topological polar surface area (TPSA) is 61.4 Å². The fourth-order valence-corrected chi connectivity index (χ4v) is 2.69. The van der Waals surface area contributed by atoms with Crippen LogP contribution in [-0.4, -0.2) is 36.3 Å². The first-order valence-electron chi connectivity index (χ1n) is 9.12. The number of rotatable bonds is 9. The van der Waals surface area contributed by atoms with Crippen LogP contribution in [0.25, 0.3) is 0 Å². The molecule has 0 fully saturated rings. The van der Waals surface area contributed by atoms with Gasteiger partial charge in [0.2, 0.25) is 5.91 Å². The zero-order chi connectivity index (χ0) is 18.8. The SMILES string of the molecule is CCCN(CCC)C(=O)CNc1cccc(NC(=O)c2ccccc2)c1. The number of nitrogens with zero attached hydrogens (tertiary/aromatic N) is 1. The van der Waals surface area contributed by atoms with E-state index < -0.39 is 0 Å². The quantitative estimate of drug-likeness (QED) is 0.716. The molecule has 5 nitrogen and oxygen atoms in total. The van der Waals surface area contributed by atoms with Crippen LogP contribution >= 0.6 is 0 Å². The summed E-state index contributed by atoms with van der Waals surface area (Å²) in [6.07, 6.45) is 1.90. The van der Waals surface area contributed by atoms with E-state index in [-0.39, 0.29) is 18.4 Å². The Morgan fingerprint density at radius 2 is 1.54 bits per heavy atom. The van der Waals surface area contributed by atoms with E-state index in [2.05, 4.69) is 24.5 Å². The maximum atomic E-state index is 12.3. The highest BCUT2D eigenvalue weighted by atomic mass is 16.2. The number of amides is 2. The predicted molar refractivity (Wildman–Crippen MR) is 106 cm³/mol. The van der Waals surface area contributed by atoms with Crippen LogP contribution in [0.2, 0.25) is 0 Å². The van der Waals surface area contributed by atoms with Crippen molar-refractivity contribution in [2.45, 2.75) is 26.7 Å². The Bertz CT molecular complexity index is 710. The molecule has 5 heteroatoms. The van der Waals surface area contributed by atoms with Crippen molar-refractivity contribution in [3.8, 4) is 0 Å². The maximum Gasteiger partial charge on any atom is 0.255 e. The van der Waals surface area contributed by atoms with Gasteiger partial charge in [-0.25, -0.2) is 0 Å². The molecule has 2 amide bonds. The molecule has 0 aliphatic carbocycles. The minimum absolute atomic E-state index is 0.0902. The van der Waals surface area contributed by atoms with Crippen molar-refractivity contribution in [2.24, 2.45) is 0 Å². The van der Waals surface area contributed by atoms with E-state index in [9.17, 15) is 9.59 Å². The van der Waals surface area contributed by atoms with Crippen LogP contribution in [0.15, 0.2) is 54.6 Å². The van der Waals surface area contributed by atoms with Crippen LogP contribution in [0.5, 0.6) is 0 Å². The van der Waals surface area contributed by atoms with E-state index in [0.717, 1.165) is 31.6 Å². The fraction of sp³-hybridized carbons (Fsp3) is 0.333. The van der Waals surface area contributed by atoms with Gasteiger partial charge in [-0.15, -0.1) is 0 Å². The standard InChI is InChI=1S/C21H27N3O2/c1-3-13-24(14-4-2)20(25)16-22-18-11-8-12-19(15-18)23-21(26)17-9-6-5-7-10-17/h5-12,15,22H,3-4,13-14,16H2,1-2H3,(H,23,26). The molecule has 0 heterocycles. The summed E-state index contributed by atoms with van der Waals surface area (Å²) in [7, 11) is 0. The van der Waals surface area contributed by atoms with Crippen molar-refractivity contribution in [1.82, 2.24) is 4.90 Å². The van der Waals surface area contributed by atoms with Gasteiger partial charge in [0, 0.05) is 30.0 Å². The normalized spacial score (nSPS) is 10.2. The molecule has 2 N–H and O–H groups in total. The maximum absolute atomic E-state index is 12.3. The summed E-state index contributed by atoms with van der Waals surface area (Å²) >= 11 is 0. The Balaban J connectivity index is 1.94. The van der Waals surface area contributed by atoms with Gasteiger partial charge in [0.1, 0.15) is 0 Å². The first-order valence-corrected chi connectivity index (χ1v) is 9.12. The number of hydrogen-bond donors (Lipinski definition) is 2. The Hall–Kier alpha value is -2.82. The summed E-state index contributed by atoms with van der Waals surface area (Å²) in [5, 5.41) is 6.03. The minimum Gasteiger partial charge on any atom is -0.376 e. The highest BCUT2D eigenvalue weighted by molar-refractivity contribution is 6.04. The second-order valence-corrected chi connectivity index (χ2v) is 6.14. The van der Waals surface area contributed by atoms with Crippen molar-refractivity contribution in [2.75, 3.05) is 30.3 Å². The van der Waals surface area contributed by atoms with E-state index >= 15 is 0 Å². The minimum atomic E-state index is -0.157. The molecule has 2 rings (SSSR count). The summed E-state index contributed by atoms with van der Waals surface area (Å²) in [4.78, 5) is 26.5. The van der Waals surface area contributed by atoms with Gasteiger partial charge >= 0.3 is 0 Å². The van der Waals surface area contributed by atoms with Crippen LogP contribution in [0.3, 0.4) is 0 Å². The van der Waals surface area contributed by atoms with Crippen LogP contribution in [0.1, 0.15) is 37.0 Å². The predicted octanol–water partition coefficient (Wildman–Crippen LogP) is 4.00. The van der Waals surface area contributed by atoms with Crippen molar-refractivity contribution in [3.05, 3.63) is 60.2 Å². The number of anilines is 2. The van der Waals surface area contributed by atoms with Crippen molar-refractivity contribution in [1.29, 1.82) is 0 Å². The zero-order valence-corrected chi connectivity index (χ0v) is 15.5. The lowest BCUT2D eigenvalue weighted by molar-refractivity contribution is -0.129. The fourth-order valence-electron chi connectivity index (χ4n) is 2.69. The van der Waals surface area contributed by atoms with Gasteiger partial charge in [-0.05, 0) is 43.2 Å². The number of hydrogen-bond acceptors (Lipinski definition) is 3. The van der Waals surface area contributed by atoms with Gasteiger partial charge in [-0.3, -0.25) is 9.59 Å². The summed E-state index contributed by atoms with van der Waals surface area (Å²) in [6.45, 7) is 5.95. The van der Waals surface area contributed by atoms with E-state index in [0.29, 0.717) is 11.3 Å². The molecule has 0 radical (unpaired) electrons. The molecule has 2 aromatic rings. The summed E-state index contributed by atoms with van der Waals surface area (Å²) < 4.78 is 0. The smallest absolute Gasteiger partial charge is 0.255 e. The third-order valence-corrected chi connectivity index (χ3v) is 3.94.